The highest BCUT2D eigenvalue weighted by molar-refractivity contribution is 7.91. The maximum atomic E-state index is 14.1. The number of rotatable bonds is 17. The van der Waals surface area contributed by atoms with E-state index < -0.39 is 64.6 Å². The molecule has 0 saturated heterocycles. The van der Waals surface area contributed by atoms with Crippen LogP contribution in [0.1, 0.15) is 107 Å². The van der Waals surface area contributed by atoms with Crippen molar-refractivity contribution < 1.29 is 46.2 Å². The fraction of sp³-hybridized carbons (Fsp3) is 0.730. The quantitative estimate of drug-likeness (QED) is 0.0805. The Morgan fingerprint density at radius 1 is 0.922 bits per heavy atom. The molecule has 2 atom stereocenters. The van der Waals surface area contributed by atoms with E-state index in [0.717, 1.165) is 10.6 Å². The summed E-state index contributed by atoms with van der Waals surface area (Å²) < 4.78 is 48.4. The first-order chi connectivity index (χ1) is 23.0. The molecule has 51 heavy (non-hydrogen) atoms. The van der Waals surface area contributed by atoms with Crippen molar-refractivity contribution in [1.29, 1.82) is 0 Å². The van der Waals surface area contributed by atoms with Crippen LogP contribution in [0.15, 0.2) is 24.3 Å². The molecule has 14 heteroatoms. The Morgan fingerprint density at radius 3 is 2.06 bits per heavy atom. The molecular weight excluding hydrogens is 693 g/mol. The van der Waals surface area contributed by atoms with Crippen molar-refractivity contribution in [3.63, 3.8) is 0 Å². The van der Waals surface area contributed by atoms with Gasteiger partial charge in [0.25, 0.3) is 0 Å². The molecule has 0 aromatic heterocycles. The Bertz CT molecular complexity index is 1460. The molecule has 1 N–H and O–H groups in total. The summed E-state index contributed by atoms with van der Waals surface area (Å²) in [5.41, 5.74) is 1.51. The van der Waals surface area contributed by atoms with Crippen LogP contribution < -0.4 is 5.43 Å². The minimum absolute atomic E-state index is 0.0237. The zero-order valence-corrected chi connectivity index (χ0v) is 35.3. The highest BCUT2D eigenvalue weighted by Gasteiger charge is 2.39. The van der Waals surface area contributed by atoms with Crippen LogP contribution >= 0.6 is 0 Å². The number of nitrogens with zero attached hydrogens (tertiary/aromatic N) is 1. The first-order valence-electron chi connectivity index (χ1n) is 17.5. The van der Waals surface area contributed by atoms with Crippen LogP contribution in [0.2, 0.25) is 18.1 Å². The number of ether oxygens (including phenoxy) is 3. The zero-order valence-electron chi connectivity index (χ0n) is 33.5. The lowest BCUT2D eigenvalue weighted by Crippen LogP contribution is -2.52. The van der Waals surface area contributed by atoms with E-state index in [1.54, 1.807) is 33.8 Å². The lowest BCUT2D eigenvalue weighted by atomic mass is 9.75. The van der Waals surface area contributed by atoms with Crippen molar-refractivity contribution in [2.24, 2.45) is 5.41 Å². The summed E-state index contributed by atoms with van der Waals surface area (Å²) in [4.78, 5) is 50.0. The second kappa shape index (κ2) is 18.2. The average molecular weight is 757 g/mol. The highest BCUT2D eigenvalue weighted by Crippen LogP contribution is 2.37. The van der Waals surface area contributed by atoms with Crippen LogP contribution in [-0.2, 0) is 54.7 Å². The predicted octanol–water partition coefficient (Wildman–Crippen LogP) is 6.51. The van der Waals surface area contributed by atoms with E-state index in [-0.39, 0.29) is 36.2 Å². The van der Waals surface area contributed by atoms with Gasteiger partial charge in [0.1, 0.15) is 18.3 Å². The molecular formula is C37H64N2O10SSi. The van der Waals surface area contributed by atoms with Gasteiger partial charge in [0.05, 0.1) is 16.9 Å². The van der Waals surface area contributed by atoms with Crippen LogP contribution in [0.3, 0.4) is 0 Å². The number of esters is 2. The monoisotopic (exact) mass is 756 g/mol. The fourth-order valence-corrected chi connectivity index (χ4v) is 8.24. The second-order valence-corrected chi connectivity index (χ2v) is 24.0. The summed E-state index contributed by atoms with van der Waals surface area (Å²) in [6.07, 6.45) is 0.0799. The minimum Gasteiger partial charge on any atom is -0.462 e. The van der Waals surface area contributed by atoms with Gasteiger partial charge < -0.3 is 18.6 Å². The molecule has 2 amide bonds. The lowest BCUT2D eigenvalue weighted by molar-refractivity contribution is -0.156. The number of benzene rings is 1. The standard InChI is InChI=1S/C37H64N2O10SSi/c1-27(40)46-25-31(48-28(2)41)24-29-17-15-18-30(23-29)37(11,32(42)38-39(12)33(43)49-34(3,4)5)20-16-19-36(9,10)26-50(44,45)22-21-47-51(13,14)35(6,7)8/h15,17-18,23,31H,16,19-22,24-26H2,1-14H3,(H,38,42)/t31-,37+/m0/s1. The number of hydrogen-bond donors (Lipinski definition) is 1. The third-order valence-electron chi connectivity index (χ3n) is 9.07. The van der Waals surface area contributed by atoms with Crippen LogP contribution in [-0.4, -0.2) is 89.2 Å². The summed E-state index contributed by atoms with van der Waals surface area (Å²) in [6.45, 7) is 23.9. The summed E-state index contributed by atoms with van der Waals surface area (Å²) in [7, 11) is -4.10. The SMILES string of the molecule is CC(=O)OC[C@H](Cc1cccc([C@@](C)(CCCC(C)(C)CS(=O)(=O)CCO[Si](C)(C)C(C)(C)C)C(=O)NN(C)C(=O)OC(C)(C)C)c1)OC(C)=O. The first-order valence-corrected chi connectivity index (χ1v) is 22.2. The van der Waals surface area contributed by atoms with E-state index >= 15 is 0 Å². The van der Waals surface area contributed by atoms with Crippen LogP contribution in [0.25, 0.3) is 0 Å². The van der Waals surface area contributed by atoms with Crippen molar-refractivity contribution in [2.75, 3.05) is 31.8 Å². The van der Waals surface area contributed by atoms with E-state index in [1.165, 1.54) is 20.9 Å². The van der Waals surface area contributed by atoms with E-state index in [4.69, 9.17) is 18.6 Å². The van der Waals surface area contributed by atoms with Gasteiger partial charge in [0.2, 0.25) is 5.91 Å². The van der Waals surface area contributed by atoms with Gasteiger partial charge in [-0.25, -0.2) is 18.2 Å². The summed E-state index contributed by atoms with van der Waals surface area (Å²) in [5, 5.41) is 0.984. The van der Waals surface area contributed by atoms with Gasteiger partial charge in [-0.2, -0.15) is 0 Å². The van der Waals surface area contributed by atoms with Crippen molar-refractivity contribution in [3.8, 4) is 0 Å². The smallest absolute Gasteiger partial charge is 0.428 e. The molecule has 0 bridgehead atoms. The fourth-order valence-electron chi connectivity index (χ4n) is 5.23. The normalized spacial score (nSPS) is 14.5. The third kappa shape index (κ3) is 16.5. The van der Waals surface area contributed by atoms with Gasteiger partial charge >= 0.3 is 18.0 Å². The van der Waals surface area contributed by atoms with E-state index in [2.05, 4.69) is 39.3 Å². The van der Waals surface area contributed by atoms with E-state index in [1.807, 2.05) is 32.0 Å². The Labute approximate surface area is 307 Å². The highest BCUT2D eigenvalue weighted by atomic mass is 32.2. The molecule has 0 unspecified atom stereocenters. The van der Waals surface area contributed by atoms with E-state index in [0.29, 0.717) is 24.8 Å². The number of nitrogens with one attached hydrogen (secondary N) is 1. The van der Waals surface area contributed by atoms with Gasteiger partial charge in [0, 0.05) is 33.9 Å². The van der Waals surface area contributed by atoms with E-state index in [9.17, 15) is 27.6 Å². The molecule has 0 fully saturated rings. The number of carbonyl (C=O) groups excluding carboxylic acids is 4. The Kier molecular flexibility index (Phi) is 16.4. The molecule has 0 aliphatic heterocycles. The summed E-state index contributed by atoms with van der Waals surface area (Å²) >= 11 is 0. The summed E-state index contributed by atoms with van der Waals surface area (Å²) in [5.74, 6) is -1.57. The molecule has 0 saturated carbocycles. The molecule has 292 valence electrons. The largest absolute Gasteiger partial charge is 0.462 e. The second-order valence-electron chi connectivity index (χ2n) is 17.0. The molecule has 1 aromatic rings. The minimum atomic E-state index is -3.43. The lowest BCUT2D eigenvalue weighted by Gasteiger charge is -2.36. The molecule has 0 heterocycles. The van der Waals surface area contributed by atoms with Crippen molar-refractivity contribution in [2.45, 2.75) is 137 Å². The Morgan fingerprint density at radius 2 is 1.53 bits per heavy atom. The van der Waals surface area contributed by atoms with Gasteiger partial charge in [-0.15, -0.1) is 0 Å². The number of amides is 2. The van der Waals surface area contributed by atoms with Crippen molar-refractivity contribution in [1.82, 2.24) is 10.4 Å². The van der Waals surface area contributed by atoms with Gasteiger partial charge in [-0.1, -0.05) is 65.3 Å². The van der Waals surface area contributed by atoms with Gasteiger partial charge in [-0.3, -0.25) is 19.8 Å². The Hall–Kier alpha value is -2.97. The number of carbonyl (C=O) groups is 4. The third-order valence-corrected chi connectivity index (χ3v) is 15.6. The molecule has 12 nitrogen and oxygen atoms in total. The van der Waals surface area contributed by atoms with Crippen LogP contribution in [0.4, 0.5) is 4.79 Å². The van der Waals surface area contributed by atoms with Crippen molar-refractivity contribution in [3.05, 3.63) is 35.4 Å². The number of hydrogen-bond acceptors (Lipinski definition) is 10. The molecule has 0 aliphatic carbocycles. The molecule has 0 aliphatic rings. The zero-order chi connectivity index (χ0) is 39.6. The first kappa shape index (κ1) is 46.0. The van der Waals surface area contributed by atoms with Gasteiger partial charge in [0.15, 0.2) is 18.2 Å². The summed E-state index contributed by atoms with van der Waals surface area (Å²) in [6, 6.07) is 7.24. The van der Waals surface area contributed by atoms with Gasteiger partial charge in [-0.05, 0) is 75.2 Å². The number of sulfone groups is 1. The van der Waals surface area contributed by atoms with Crippen LogP contribution in [0.5, 0.6) is 0 Å². The molecule has 0 spiro atoms. The van der Waals surface area contributed by atoms with Crippen LogP contribution in [0, 0.1) is 5.41 Å². The average Bonchev–Trinajstić information content (AvgIpc) is 2.93. The maximum Gasteiger partial charge on any atom is 0.428 e. The van der Waals surface area contributed by atoms with Crippen molar-refractivity contribution >= 4 is 42.1 Å². The molecule has 1 rings (SSSR count). The molecule has 1 aromatic carbocycles. The maximum absolute atomic E-state index is 14.1. The topological polar surface area (TPSA) is 155 Å². The Balaban J connectivity index is 3.29. The number of hydrazine groups is 1. The predicted molar refractivity (Wildman–Crippen MR) is 201 cm³/mol. The molecule has 0 radical (unpaired) electrons.